The van der Waals surface area contributed by atoms with Crippen LogP contribution in [0.25, 0.3) is 0 Å². The Balaban J connectivity index is 1.90. The molecule has 0 aromatic rings. The smallest absolute Gasteiger partial charge is 0.00966 e. The Labute approximate surface area is 100 Å². The molecule has 0 aliphatic heterocycles. The van der Waals surface area contributed by atoms with E-state index in [1.54, 1.807) is 0 Å². The van der Waals surface area contributed by atoms with Crippen molar-refractivity contribution >= 4 is 12.6 Å². The summed E-state index contributed by atoms with van der Waals surface area (Å²) in [4.78, 5) is 2.75. The topological polar surface area (TPSA) is 3.24 Å². The fourth-order valence-corrected chi connectivity index (χ4v) is 3.46. The molecule has 1 nitrogen and oxygen atoms in total. The lowest BCUT2D eigenvalue weighted by atomic mass is 9.87. The van der Waals surface area contributed by atoms with Gasteiger partial charge < -0.3 is 0 Å². The molecule has 2 saturated carbocycles. The second-order valence-corrected chi connectivity index (χ2v) is 5.88. The Morgan fingerprint density at radius 2 is 1.93 bits per heavy atom. The number of nitrogens with zero attached hydrogens (tertiary/aromatic N) is 1. The van der Waals surface area contributed by atoms with Crippen LogP contribution in [-0.4, -0.2) is 29.8 Å². The largest absolute Gasteiger partial charge is 0.300 e. The number of hydrogen-bond acceptors (Lipinski definition) is 2. The molecule has 0 unspecified atom stereocenters. The third-order valence-corrected chi connectivity index (χ3v) is 4.78. The van der Waals surface area contributed by atoms with E-state index in [2.05, 4.69) is 24.5 Å². The highest BCUT2D eigenvalue weighted by molar-refractivity contribution is 7.80. The fraction of sp³-hybridized carbons (Fsp3) is 1.00. The highest BCUT2D eigenvalue weighted by atomic mass is 32.1. The average molecular weight is 227 g/mol. The highest BCUT2D eigenvalue weighted by Gasteiger charge is 2.38. The van der Waals surface area contributed by atoms with Gasteiger partial charge in [0.05, 0.1) is 0 Å². The molecule has 2 heteroatoms. The maximum atomic E-state index is 4.61. The molecule has 0 N–H and O–H groups in total. The molecule has 2 fully saturated rings. The van der Waals surface area contributed by atoms with Crippen molar-refractivity contribution in [2.24, 2.45) is 5.41 Å². The Hall–Kier alpha value is 0.310. The van der Waals surface area contributed by atoms with Gasteiger partial charge in [0.1, 0.15) is 0 Å². The third kappa shape index (κ3) is 2.91. The molecular weight excluding hydrogens is 202 g/mol. The lowest BCUT2D eigenvalue weighted by molar-refractivity contribution is 0.164. The van der Waals surface area contributed by atoms with E-state index in [4.69, 9.17) is 0 Å². The van der Waals surface area contributed by atoms with Crippen molar-refractivity contribution in [2.45, 2.75) is 57.9 Å². The van der Waals surface area contributed by atoms with Crippen LogP contribution in [0.2, 0.25) is 0 Å². The van der Waals surface area contributed by atoms with E-state index < -0.39 is 0 Å². The van der Waals surface area contributed by atoms with Crippen LogP contribution in [0, 0.1) is 5.41 Å². The molecule has 0 aromatic heterocycles. The van der Waals surface area contributed by atoms with E-state index in [-0.39, 0.29) is 0 Å². The van der Waals surface area contributed by atoms with Gasteiger partial charge in [0, 0.05) is 12.6 Å². The van der Waals surface area contributed by atoms with Crippen LogP contribution >= 0.6 is 12.6 Å². The van der Waals surface area contributed by atoms with E-state index in [1.807, 2.05) is 0 Å². The lowest BCUT2D eigenvalue weighted by Gasteiger charge is -2.34. The highest BCUT2D eigenvalue weighted by Crippen LogP contribution is 2.41. The van der Waals surface area contributed by atoms with E-state index in [0.717, 1.165) is 11.8 Å². The minimum absolute atomic E-state index is 0.570. The second kappa shape index (κ2) is 5.09. The molecule has 0 amide bonds. The van der Waals surface area contributed by atoms with E-state index in [0.29, 0.717) is 5.41 Å². The average Bonchev–Trinajstić information content (AvgIpc) is 3.00. The van der Waals surface area contributed by atoms with Gasteiger partial charge >= 0.3 is 0 Å². The number of rotatable bonds is 6. The quantitative estimate of drug-likeness (QED) is 0.681. The Morgan fingerprint density at radius 3 is 2.40 bits per heavy atom. The van der Waals surface area contributed by atoms with Crippen LogP contribution in [0.15, 0.2) is 0 Å². The summed E-state index contributed by atoms with van der Waals surface area (Å²) in [5, 5.41) is 0. The van der Waals surface area contributed by atoms with Crippen molar-refractivity contribution in [1.82, 2.24) is 4.90 Å². The van der Waals surface area contributed by atoms with Gasteiger partial charge in [-0.2, -0.15) is 12.6 Å². The predicted molar refractivity (Wildman–Crippen MR) is 69.6 cm³/mol. The molecule has 88 valence electrons. The number of hydrogen-bond donors (Lipinski definition) is 1. The molecule has 0 heterocycles. The maximum Gasteiger partial charge on any atom is 0.00966 e. The fourth-order valence-electron chi connectivity index (χ4n) is 3.04. The molecule has 0 saturated heterocycles. The first-order valence-electron chi connectivity index (χ1n) is 6.64. The maximum absolute atomic E-state index is 4.61. The van der Waals surface area contributed by atoms with E-state index >= 15 is 0 Å². The van der Waals surface area contributed by atoms with Gasteiger partial charge in [-0.3, -0.25) is 4.90 Å². The van der Waals surface area contributed by atoms with Crippen molar-refractivity contribution < 1.29 is 0 Å². The Bertz CT molecular complexity index is 195. The van der Waals surface area contributed by atoms with Crippen molar-refractivity contribution in [3.63, 3.8) is 0 Å². The monoisotopic (exact) mass is 227 g/mol. The van der Waals surface area contributed by atoms with Gasteiger partial charge in [0.25, 0.3) is 0 Å². The molecule has 2 aliphatic rings. The van der Waals surface area contributed by atoms with Gasteiger partial charge in [-0.1, -0.05) is 19.8 Å². The van der Waals surface area contributed by atoms with Crippen LogP contribution in [-0.2, 0) is 0 Å². The summed E-state index contributed by atoms with van der Waals surface area (Å²) in [5.74, 6) is 1.10. The minimum Gasteiger partial charge on any atom is -0.300 e. The third-order valence-electron chi connectivity index (χ3n) is 4.11. The summed E-state index contributed by atoms with van der Waals surface area (Å²) in [6.45, 7) is 4.94. The van der Waals surface area contributed by atoms with E-state index in [9.17, 15) is 0 Å². The molecule has 0 radical (unpaired) electrons. The molecule has 15 heavy (non-hydrogen) atoms. The first-order valence-corrected chi connectivity index (χ1v) is 7.28. The summed E-state index contributed by atoms with van der Waals surface area (Å²) >= 11 is 4.61. The van der Waals surface area contributed by atoms with Crippen molar-refractivity contribution in [3.8, 4) is 0 Å². The van der Waals surface area contributed by atoms with Crippen molar-refractivity contribution in [1.29, 1.82) is 0 Å². The summed E-state index contributed by atoms with van der Waals surface area (Å²) in [6, 6.07) is 0.933. The zero-order valence-corrected chi connectivity index (χ0v) is 10.9. The zero-order valence-electron chi connectivity index (χ0n) is 10.0. The van der Waals surface area contributed by atoms with Crippen molar-refractivity contribution in [3.05, 3.63) is 0 Å². The summed E-state index contributed by atoms with van der Waals surface area (Å²) in [5.41, 5.74) is 0.570. The van der Waals surface area contributed by atoms with Crippen LogP contribution in [0.5, 0.6) is 0 Å². The van der Waals surface area contributed by atoms with Crippen LogP contribution in [0.3, 0.4) is 0 Å². The minimum atomic E-state index is 0.570. The van der Waals surface area contributed by atoms with Crippen LogP contribution < -0.4 is 0 Å². The second-order valence-electron chi connectivity index (χ2n) is 5.57. The Kier molecular flexibility index (Phi) is 4.00. The molecule has 0 bridgehead atoms. The van der Waals surface area contributed by atoms with Gasteiger partial charge in [-0.05, 0) is 49.8 Å². The van der Waals surface area contributed by atoms with E-state index in [1.165, 1.54) is 58.0 Å². The normalized spacial score (nSPS) is 25.0. The molecular formula is C13H25NS. The molecule has 2 rings (SSSR count). The standard InChI is InChI=1S/C13H25NS/c1-2-9-14(12-5-6-12)10-13(11-15)7-3-4-8-13/h12,15H,2-11H2,1H3. The lowest BCUT2D eigenvalue weighted by Crippen LogP contribution is -2.39. The Morgan fingerprint density at radius 1 is 1.27 bits per heavy atom. The first-order chi connectivity index (χ1) is 7.29. The van der Waals surface area contributed by atoms with Crippen LogP contribution in [0.1, 0.15) is 51.9 Å². The SMILES string of the molecule is CCCN(CC1(CS)CCCC1)C1CC1. The van der Waals surface area contributed by atoms with Gasteiger partial charge in [0.15, 0.2) is 0 Å². The van der Waals surface area contributed by atoms with Crippen molar-refractivity contribution in [2.75, 3.05) is 18.8 Å². The van der Waals surface area contributed by atoms with Gasteiger partial charge in [-0.15, -0.1) is 0 Å². The summed E-state index contributed by atoms with van der Waals surface area (Å²) < 4.78 is 0. The van der Waals surface area contributed by atoms with Gasteiger partial charge in [-0.25, -0.2) is 0 Å². The summed E-state index contributed by atoms with van der Waals surface area (Å²) in [7, 11) is 0. The molecule has 0 atom stereocenters. The molecule has 0 aromatic carbocycles. The van der Waals surface area contributed by atoms with Gasteiger partial charge in [0.2, 0.25) is 0 Å². The number of thiol groups is 1. The molecule has 2 aliphatic carbocycles. The summed E-state index contributed by atoms with van der Waals surface area (Å²) in [6.07, 6.45) is 9.91. The predicted octanol–water partition coefficient (Wildman–Crippen LogP) is 3.35. The molecule has 0 spiro atoms. The van der Waals surface area contributed by atoms with Crippen LogP contribution in [0.4, 0.5) is 0 Å². The first kappa shape index (κ1) is 11.8. The zero-order chi connectivity index (χ0) is 10.7.